The molecular formula is C20H25N10O13P2+. The number of hydrogen-bond acceptors (Lipinski definition) is 18. The Labute approximate surface area is 249 Å². The van der Waals surface area contributed by atoms with Gasteiger partial charge in [0.1, 0.15) is 42.4 Å². The predicted octanol–water partition coefficient (Wildman–Crippen LogP) is -2.83. The van der Waals surface area contributed by atoms with E-state index in [9.17, 15) is 39.0 Å². The minimum atomic E-state index is -5.13. The van der Waals surface area contributed by atoms with Gasteiger partial charge in [-0.15, -0.1) is 9.42 Å². The molecule has 10 atom stereocenters. The van der Waals surface area contributed by atoms with Crippen LogP contribution in [0.2, 0.25) is 0 Å². The second-order valence-electron chi connectivity index (χ2n) is 9.79. The van der Waals surface area contributed by atoms with E-state index in [0.717, 1.165) is 17.2 Å². The molecule has 4 aromatic rings. The van der Waals surface area contributed by atoms with Crippen molar-refractivity contribution < 1.29 is 57.3 Å². The van der Waals surface area contributed by atoms with Crippen LogP contribution in [0.15, 0.2) is 23.8 Å². The number of aliphatic hydroxyl groups is 3. The lowest BCUT2D eigenvalue weighted by atomic mass is 10.1. The highest BCUT2D eigenvalue weighted by molar-refractivity contribution is 7.47. The maximum absolute atomic E-state index is 13.1. The molecule has 2 fully saturated rings. The molecule has 0 spiro atoms. The average Bonchev–Trinajstić information content (AvgIpc) is 3.73. The lowest BCUT2D eigenvalue weighted by Crippen LogP contribution is -2.36. The third-order valence-electron chi connectivity index (χ3n) is 7.06. The van der Waals surface area contributed by atoms with E-state index in [1.54, 1.807) is 0 Å². The predicted molar refractivity (Wildman–Crippen MR) is 145 cm³/mol. The Kier molecular flexibility index (Phi) is 8.36. The van der Waals surface area contributed by atoms with E-state index in [2.05, 4.69) is 29.9 Å². The fourth-order valence-corrected chi connectivity index (χ4v) is 6.41. The second kappa shape index (κ2) is 12.0. The Balaban J connectivity index is 1.22. The van der Waals surface area contributed by atoms with Crippen LogP contribution >= 0.6 is 16.1 Å². The molecule has 242 valence electrons. The SMILES string of the molecule is Nc1nc2c(ncn2[C@@H]2O[C@H](COP(=O)(O)O[C@@H]3[C@H](O)[C@@H](CO)O[C@H]3n3cnc4c(N)ncnc43)[C@@H](O)[C@H]2O[P+](=O)O)c(=O)[nH]1. The number of nitrogens with one attached hydrogen (secondary N) is 1. The molecule has 6 rings (SSSR count). The number of rotatable bonds is 10. The van der Waals surface area contributed by atoms with Crippen molar-refractivity contribution in [3.8, 4) is 0 Å². The van der Waals surface area contributed by atoms with Crippen LogP contribution in [0.3, 0.4) is 0 Å². The first-order chi connectivity index (χ1) is 21.4. The molecule has 2 saturated heterocycles. The zero-order valence-corrected chi connectivity index (χ0v) is 24.2. The molecule has 6 heterocycles. The first-order valence-electron chi connectivity index (χ1n) is 12.8. The second-order valence-corrected chi connectivity index (χ2v) is 11.9. The highest BCUT2D eigenvalue weighted by Crippen LogP contribution is 2.50. The van der Waals surface area contributed by atoms with E-state index in [1.165, 1.54) is 10.9 Å². The molecule has 0 aromatic carbocycles. The smallest absolute Gasteiger partial charge is 0.394 e. The number of ether oxygens (including phenoxy) is 2. The van der Waals surface area contributed by atoms with Gasteiger partial charge < -0.3 is 41.2 Å². The fraction of sp³-hybridized carbons (Fsp3) is 0.500. The van der Waals surface area contributed by atoms with Crippen LogP contribution in [-0.2, 0) is 32.2 Å². The van der Waals surface area contributed by atoms with Gasteiger partial charge in [-0.25, -0.2) is 24.5 Å². The Hall–Kier alpha value is -3.57. The van der Waals surface area contributed by atoms with Crippen LogP contribution < -0.4 is 17.0 Å². The van der Waals surface area contributed by atoms with Gasteiger partial charge in [0.15, 0.2) is 41.2 Å². The summed E-state index contributed by atoms with van der Waals surface area (Å²) in [4.78, 5) is 54.4. The normalized spacial score (nSPS) is 30.3. The number of phosphoric ester groups is 1. The average molecular weight is 675 g/mol. The molecule has 2 unspecified atom stereocenters. The minimum absolute atomic E-state index is 0.0285. The van der Waals surface area contributed by atoms with E-state index in [0.29, 0.717) is 0 Å². The molecule has 2 aliphatic heterocycles. The summed E-state index contributed by atoms with van der Waals surface area (Å²) < 4.78 is 53.7. The van der Waals surface area contributed by atoms with Gasteiger partial charge in [-0.2, -0.15) is 4.98 Å². The van der Waals surface area contributed by atoms with Crippen molar-refractivity contribution >= 4 is 50.2 Å². The van der Waals surface area contributed by atoms with Gasteiger partial charge in [0.2, 0.25) is 5.95 Å². The third-order valence-corrected chi connectivity index (χ3v) is 8.47. The number of aliphatic hydroxyl groups excluding tert-OH is 3. The van der Waals surface area contributed by atoms with Crippen molar-refractivity contribution in [1.29, 1.82) is 0 Å². The molecule has 23 nitrogen and oxygen atoms in total. The summed E-state index contributed by atoms with van der Waals surface area (Å²) in [5.41, 5.74) is 10.8. The number of nitrogen functional groups attached to an aromatic ring is 2. The molecule has 10 N–H and O–H groups in total. The maximum atomic E-state index is 13.1. The van der Waals surface area contributed by atoms with Gasteiger partial charge in [-0.05, 0) is 0 Å². The van der Waals surface area contributed by atoms with Crippen molar-refractivity contribution in [1.82, 2.24) is 39.0 Å². The van der Waals surface area contributed by atoms with Crippen LogP contribution in [0, 0.1) is 0 Å². The first kappa shape index (κ1) is 31.4. The number of nitrogens with zero attached hydrogens (tertiary/aromatic N) is 7. The fourth-order valence-electron chi connectivity index (χ4n) is 5.04. The number of imidazole rings is 2. The molecular weight excluding hydrogens is 650 g/mol. The Morgan fingerprint density at radius 2 is 1.64 bits per heavy atom. The van der Waals surface area contributed by atoms with Crippen LogP contribution in [-0.4, -0.2) is 114 Å². The van der Waals surface area contributed by atoms with Crippen molar-refractivity contribution in [3.63, 3.8) is 0 Å². The number of anilines is 2. The topological polar surface area (TPSA) is 341 Å². The summed E-state index contributed by atoms with van der Waals surface area (Å²) in [6.07, 6.45) is -8.69. The monoisotopic (exact) mass is 675 g/mol. The summed E-state index contributed by atoms with van der Waals surface area (Å²) in [7, 11) is -8.43. The van der Waals surface area contributed by atoms with Gasteiger partial charge in [0.25, 0.3) is 5.56 Å². The van der Waals surface area contributed by atoms with Gasteiger partial charge in [0, 0.05) is 4.57 Å². The van der Waals surface area contributed by atoms with Gasteiger partial charge in [-0.1, -0.05) is 0 Å². The highest BCUT2D eigenvalue weighted by atomic mass is 31.2. The molecule has 25 heteroatoms. The quantitative estimate of drug-likeness (QED) is 0.0785. The Morgan fingerprint density at radius 1 is 1.00 bits per heavy atom. The van der Waals surface area contributed by atoms with Crippen molar-refractivity contribution in [2.75, 3.05) is 24.7 Å². The Bertz CT molecular complexity index is 1850. The van der Waals surface area contributed by atoms with Crippen LogP contribution in [0.25, 0.3) is 22.3 Å². The molecule has 4 aromatic heterocycles. The van der Waals surface area contributed by atoms with Gasteiger partial charge in [0.05, 0.1) is 25.9 Å². The standard InChI is InChI=1S/C20H24N10O13P2/c21-14-8-15(24-3-23-14)29(4-25-8)19-13(10(32)6(1-31)40-19)43-45(37,38)39-2-7-11(33)12(42-44(35)36)18(41-7)30-5-26-9-16(30)27-20(22)28-17(9)34/h3-7,10-13,18-19,31-33H,1-2H2,(H6-,21,22,23,24,27,28,34,35,36,37,38)/p+1/t6-,7-,10-,11-,12-,13-,18-,19-/m1/s1. The number of aromatic nitrogens is 8. The molecule has 0 bridgehead atoms. The zero-order valence-electron chi connectivity index (χ0n) is 22.4. The lowest BCUT2D eigenvalue weighted by Gasteiger charge is -2.24. The van der Waals surface area contributed by atoms with Crippen molar-refractivity contribution in [2.24, 2.45) is 0 Å². The minimum Gasteiger partial charge on any atom is -0.394 e. The van der Waals surface area contributed by atoms with E-state index in [-0.39, 0.29) is 34.1 Å². The van der Waals surface area contributed by atoms with E-state index >= 15 is 0 Å². The largest absolute Gasteiger partial charge is 0.695 e. The van der Waals surface area contributed by atoms with E-state index < -0.39 is 83.9 Å². The molecule has 0 amide bonds. The van der Waals surface area contributed by atoms with Gasteiger partial charge in [-0.3, -0.25) is 28.0 Å². The number of nitrogens with two attached hydrogens (primary N) is 2. The van der Waals surface area contributed by atoms with Crippen LogP contribution in [0.5, 0.6) is 0 Å². The van der Waals surface area contributed by atoms with Crippen LogP contribution in [0.1, 0.15) is 12.5 Å². The number of aromatic amines is 1. The molecule has 45 heavy (non-hydrogen) atoms. The van der Waals surface area contributed by atoms with Crippen LogP contribution in [0.4, 0.5) is 11.8 Å². The molecule has 0 saturated carbocycles. The third kappa shape index (κ3) is 5.80. The number of phosphoric acid groups is 1. The molecule has 0 aliphatic carbocycles. The van der Waals surface area contributed by atoms with E-state index in [4.69, 9.17) is 34.5 Å². The Morgan fingerprint density at radius 3 is 2.36 bits per heavy atom. The lowest BCUT2D eigenvalue weighted by molar-refractivity contribution is -0.0608. The number of hydrogen-bond donors (Lipinski definition) is 8. The molecule has 2 aliphatic rings. The highest BCUT2D eigenvalue weighted by Gasteiger charge is 2.53. The maximum Gasteiger partial charge on any atom is 0.695 e. The zero-order chi connectivity index (χ0) is 32.2. The summed E-state index contributed by atoms with van der Waals surface area (Å²) in [5, 5.41) is 31.3. The molecule has 0 radical (unpaired) electrons. The number of H-pyrrole nitrogens is 1. The number of fused-ring (bicyclic) bond motifs is 2. The summed E-state index contributed by atoms with van der Waals surface area (Å²) >= 11 is 0. The van der Waals surface area contributed by atoms with E-state index in [1.807, 2.05) is 0 Å². The van der Waals surface area contributed by atoms with Crippen molar-refractivity contribution in [2.45, 2.75) is 49.1 Å². The van der Waals surface area contributed by atoms with Crippen molar-refractivity contribution in [3.05, 3.63) is 29.3 Å². The first-order valence-corrected chi connectivity index (χ1v) is 15.4. The summed E-state index contributed by atoms with van der Waals surface area (Å²) in [6, 6.07) is 0. The summed E-state index contributed by atoms with van der Waals surface area (Å²) in [6.45, 7) is -1.54. The van der Waals surface area contributed by atoms with Gasteiger partial charge >= 0.3 is 16.1 Å². The summed E-state index contributed by atoms with van der Waals surface area (Å²) in [5.74, 6) is -0.253.